The number of aromatic nitrogens is 1. The number of fused-ring (bicyclic) bond motifs is 1. The van der Waals surface area contributed by atoms with Crippen LogP contribution in [0.1, 0.15) is 58.0 Å². The Kier molecular flexibility index (Phi) is 7.49. The van der Waals surface area contributed by atoms with Crippen molar-refractivity contribution in [2.75, 3.05) is 6.54 Å². The van der Waals surface area contributed by atoms with Gasteiger partial charge in [-0.3, -0.25) is 9.59 Å². The van der Waals surface area contributed by atoms with E-state index >= 15 is 0 Å². The van der Waals surface area contributed by atoms with Crippen molar-refractivity contribution in [2.45, 2.75) is 39.0 Å². The highest BCUT2D eigenvalue weighted by molar-refractivity contribution is 5.91. The molecule has 0 fully saturated rings. The maximum Gasteiger partial charge on any atom is 0.273 e. The van der Waals surface area contributed by atoms with Gasteiger partial charge in [-0.2, -0.15) is 0 Å². The van der Waals surface area contributed by atoms with Crippen LogP contribution in [0.15, 0.2) is 83.5 Å². The molecule has 5 rings (SSSR count). The maximum atomic E-state index is 13.6. The number of hydrogen-bond donors (Lipinski definition) is 1. The number of carbonyl (C=O) groups is 2. The Morgan fingerprint density at radius 2 is 1.89 bits per heavy atom. The Bertz CT molecular complexity index is 1420. The second-order valence-corrected chi connectivity index (χ2v) is 9.09. The zero-order valence-electron chi connectivity index (χ0n) is 21.0. The van der Waals surface area contributed by atoms with E-state index in [1.54, 1.807) is 12.1 Å². The largest absolute Gasteiger partial charge is 0.484 e. The van der Waals surface area contributed by atoms with Crippen LogP contribution in [-0.2, 0) is 24.4 Å². The highest BCUT2D eigenvalue weighted by Crippen LogP contribution is 2.37. The number of ether oxygens (including phenoxy) is 1. The monoisotopic (exact) mass is 513 g/mol. The first-order chi connectivity index (χ1) is 18.5. The number of carbonyl (C=O) groups excluding carboxylic acids is 2. The van der Waals surface area contributed by atoms with Crippen molar-refractivity contribution in [3.63, 3.8) is 0 Å². The van der Waals surface area contributed by atoms with Crippen LogP contribution in [0.5, 0.6) is 5.75 Å². The van der Waals surface area contributed by atoms with E-state index in [9.17, 15) is 14.0 Å². The van der Waals surface area contributed by atoms with Crippen molar-refractivity contribution in [3.05, 3.63) is 119 Å². The molecular weight excluding hydrogens is 485 g/mol. The third-order valence-electron chi connectivity index (χ3n) is 6.60. The minimum absolute atomic E-state index is 0.0313. The summed E-state index contributed by atoms with van der Waals surface area (Å²) in [5.74, 6) is 0.226. The molecule has 0 bridgehead atoms. The Morgan fingerprint density at radius 1 is 1.11 bits per heavy atom. The molecule has 1 aliphatic heterocycles. The molecule has 4 aromatic rings. The molecule has 3 aromatic carbocycles. The molecule has 0 aliphatic carbocycles. The number of benzene rings is 3. The third kappa shape index (κ3) is 5.59. The summed E-state index contributed by atoms with van der Waals surface area (Å²) in [4.78, 5) is 31.3. The summed E-state index contributed by atoms with van der Waals surface area (Å²) in [6.45, 7) is 2.85. The summed E-state index contributed by atoms with van der Waals surface area (Å²) in [7, 11) is 0. The van der Waals surface area contributed by atoms with Gasteiger partial charge in [0.05, 0.1) is 6.04 Å². The number of nitrogens with zero attached hydrogens (tertiary/aromatic N) is 2. The van der Waals surface area contributed by atoms with Gasteiger partial charge in [0, 0.05) is 19.5 Å². The smallest absolute Gasteiger partial charge is 0.273 e. The molecule has 0 unspecified atom stereocenters. The molecule has 1 atom stereocenters. The summed E-state index contributed by atoms with van der Waals surface area (Å²) in [5.41, 5.74) is 4.05. The van der Waals surface area contributed by atoms with E-state index in [1.807, 2.05) is 60.4 Å². The fourth-order valence-corrected chi connectivity index (χ4v) is 4.65. The van der Waals surface area contributed by atoms with Gasteiger partial charge in [0.25, 0.3) is 5.91 Å². The van der Waals surface area contributed by atoms with E-state index in [0.29, 0.717) is 25.3 Å². The number of hydrogen-bond acceptors (Lipinski definition) is 5. The first-order valence-electron chi connectivity index (χ1n) is 12.6. The summed E-state index contributed by atoms with van der Waals surface area (Å²) >= 11 is 0. The molecule has 1 aliphatic rings. The van der Waals surface area contributed by atoms with E-state index in [1.165, 1.54) is 18.4 Å². The quantitative estimate of drug-likeness (QED) is 0.350. The van der Waals surface area contributed by atoms with Gasteiger partial charge in [-0.25, -0.2) is 9.37 Å². The Labute approximate surface area is 220 Å². The fraction of sp³-hybridized carbons (Fsp3) is 0.233. The molecule has 0 spiro atoms. The van der Waals surface area contributed by atoms with Gasteiger partial charge in [0.1, 0.15) is 17.8 Å². The predicted octanol–water partition coefficient (Wildman–Crippen LogP) is 5.21. The van der Waals surface area contributed by atoms with Gasteiger partial charge in [0.15, 0.2) is 12.3 Å². The van der Waals surface area contributed by atoms with Gasteiger partial charge >= 0.3 is 0 Å². The summed E-state index contributed by atoms with van der Waals surface area (Å²) in [5, 5.41) is 2.82. The number of nitrogens with one attached hydrogen (secondary N) is 1. The first-order valence-corrected chi connectivity index (χ1v) is 12.6. The van der Waals surface area contributed by atoms with Crippen LogP contribution < -0.4 is 10.1 Å². The highest BCUT2D eigenvalue weighted by atomic mass is 19.1. The van der Waals surface area contributed by atoms with E-state index in [2.05, 4.69) is 10.3 Å². The molecule has 194 valence electrons. The summed E-state index contributed by atoms with van der Waals surface area (Å²) in [6.07, 6.45) is 2.42. The first kappa shape index (κ1) is 25.2. The second kappa shape index (κ2) is 11.3. The van der Waals surface area contributed by atoms with E-state index in [-0.39, 0.29) is 41.9 Å². The third-order valence-corrected chi connectivity index (χ3v) is 6.60. The van der Waals surface area contributed by atoms with Crippen molar-refractivity contribution in [2.24, 2.45) is 0 Å². The Hall–Kier alpha value is -4.46. The van der Waals surface area contributed by atoms with Gasteiger partial charge in [-0.05, 0) is 52.9 Å². The Morgan fingerprint density at radius 3 is 2.66 bits per heavy atom. The average molecular weight is 514 g/mol. The molecule has 7 nitrogen and oxygen atoms in total. The molecule has 1 aromatic heterocycles. The standard InChI is InChI=1S/C30H28FN3O4/c1-2-28(35)34-15-14-21-10-13-24(16-25(21)29(34)22-8-11-23(31)12-9-22)37-19-27-33-26(18-38-27)30(36)32-17-20-6-4-3-5-7-20/h3-13,16,18,29H,2,14-15,17,19H2,1H3,(H,32,36)/t29-/m1/s1. The van der Waals surface area contributed by atoms with Gasteiger partial charge in [0.2, 0.25) is 11.8 Å². The normalized spacial score (nSPS) is 14.6. The molecule has 2 heterocycles. The minimum Gasteiger partial charge on any atom is -0.484 e. The zero-order chi connectivity index (χ0) is 26.5. The molecule has 1 N–H and O–H groups in total. The maximum absolute atomic E-state index is 13.6. The van der Waals surface area contributed by atoms with Crippen molar-refractivity contribution in [1.29, 1.82) is 0 Å². The highest BCUT2D eigenvalue weighted by Gasteiger charge is 2.31. The van der Waals surface area contributed by atoms with Gasteiger partial charge < -0.3 is 19.4 Å². The van der Waals surface area contributed by atoms with Crippen molar-refractivity contribution < 1.29 is 23.1 Å². The predicted molar refractivity (Wildman–Crippen MR) is 139 cm³/mol. The number of rotatable bonds is 8. The second-order valence-electron chi connectivity index (χ2n) is 9.09. The number of oxazole rings is 1. The van der Waals surface area contributed by atoms with E-state index in [0.717, 1.165) is 28.7 Å². The molecular formula is C30H28FN3O4. The van der Waals surface area contributed by atoms with Crippen molar-refractivity contribution in [1.82, 2.24) is 15.2 Å². The van der Waals surface area contributed by atoms with Crippen molar-refractivity contribution in [3.8, 4) is 5.75 Å². The molecule has 0 saturated heterocycles. The SMILES string of the molecule is CCC(=O)N1CCc2ccc(OCc3nc(C(=O)NCc4ccccc4)co3)cc2[C@H]1c1ccc(F)cc1. The van der Waals surface area contributed by atoms with Gasteiger partial charge in [-0.1, -0.05) is 55.5 Å². The lowest BCUT2D eigenvalue weighted by Gasteiger charge is -2.38. The molecule has 0 radical (unpaired) electrons. The molecule has 0 saturated carbocycles. The van der Waals surface area contributed by atoms with Crippen LogP contribution in [0.3, 0.4) is 0 Å². The van der Waals surface area contributed by atoms with Crippen LogP contribution in [0.2, 0.25) is 0 Å². The summed E-state index contributed by atoms with van der Waals surface area (Å²) in [6, 6.07) is 21.3. The zero-order valence-corrected chi connectivity index (χ0v) is 21.0. The summed E-state index contributed by atoms with van der Waals surface area (Å²) < 4.78 is 25.0. The number of amides is 2. The average Bonchev–Trinajstić information content (AvgIpc) is 3.44. The lowest BCUT2D eigenvalue weighted by molar-refractivity contribution is -0.132. The lowest BCUT2D eigenvalue weighted by atomic mass is 9.87. The van der Waals surface area contributed by atoms with Gasteiger partial charge in [-0.15, -0.1) is 0 Å². The number of halogens is 1. The lowest BCUT2D eigenvalue weighted by Crippen LogP contribution is -2.40. The van der Waals surface area contributed by atoms with Crippen molar-refractivity contribution >= 4 is 11.8 Å². The molecule has 38 heavy (non-hydrogen) atoms. The van der Waals surface area contributed by atoms with E-state index in [4.69, 9.17) is 9.15 Å². The molecule has 8 heteroatoms. The van der Waals surface area contributed by atoms with Crippen LogP contribution in [0, 0.1) is 5.82 Å². The topological polar surface area (TPSA) is 84.7 Å². The Balaban J connectivity index is 1.29. The van der Waals surface area contributed by atoms with E-state index < -0.39 is 0 Å². The van der Waals surface area contributed by atoms with Crippen LogP contribution in [-0.4, -0.2) is 28.2 Å². The van der Waals surface area contributed by atoms with Crippen LogP contribution in [0.25, 0.3) is 0 Å². The fourth-order valence-electron chi connectivity index (χ4n) is 4.65. The van der Waals surface area contributed by atoms with Crippen LogP contribution in [0.4, 0.5) is 4.39 Å². The van der Waals surface area contributed by atoms with Crippen LogP contribution >= 0.6 is 0 Å². The molecule has 2 amide bonds. The minimum atomic E-state index is -0.336.